The molecule has 5 heteroatoms. The van der Waals surface area contributed by atoms with Crippen molar-refractivity contribution in [1.29, 1.82) is 0 Å². The second kappa shape index (κ2) is 5.26. The fourth-order valence-corrected chi connectivity index (χ4v) is 2.83. The molecule has 1 aliphatic rings. The van der Waals surface area contributed by atoms with Gasteiger partial charge in [0.15, 0.2) is 0 Å². The molecular weight excluding hydrogens is 345 g/mol. The maximum Gasteiger partial charge on any atom is 0.329 e. The van der Waals surface area contributed by atoms with E-state index in [4.69, 9.17) is 0 Å². The van der Waals surface area contributed by atoms with Crippen molar-refractivity contribution in [2.24, 2.45) is 0 Å². The smallest absolute Gasteiger partial charge is 0.329 e. The third-order valence-electron chi connectivity index (χ3n) is 3.31. The lowest BCUT2D eigenvalue weighted by Gasteiger charge is -2.25. The molecule has 0 heterocycles. The van der Waals surface area contributed by atoms with Gasteiger partial charge in [-0.25, -0.2) is 4.79 Å². The highest BCUT2D eigenvalue weighted by atomic mass is 127. The number of carboxylic acid groups (broad SMARTS) is 1. The minimum Gasteiger partial charge on any atom is -0.480 e. The maximum absolute atomic E-state index is 12.1. The van der Waals surface area contributed by atoms with Gasteiger partial charge in [0.1, 0.15) is 5.54 Å². The van der Waals surface area contributed by atoms with Crippen LogP contribution in [0, 0.1) is 3.57 Å². The van der Waals surface area contributed by atoms with Crippen molar-refractivity contribution >= 4 is 34.5 Å². The van der Waals surface area contributed by atoms with Crippen molar-refractivity contribution in [3.63, 3.8) is 0 Å². The predicted molar refractivity (Wildman–Crippen MR) is 75.5 cm³/mol. The molecule has 1 fully saturated rings. The first-order valence-corrected chi connectivity index (χ1v) is 6.93. The Labute approximate surface area is 119 Å². The summed E-state index contributed by atoms with van der Waals surface area (Å²) in [6, 6.07) is 7.13. The molecule has 1 amide bonds. The van der Waals surface area contributed by atoms with Crippen LogP contribution in [0.2, 0.25) is 0 Å². The molecule has 1 saturated carbocycles. The van der Waals surface area contributed by atoms with Gasteiger partial charge in [-0.1, -0.05) is 18.9 Å². The molecule has 2 N–H and O–H groups in total. The molecule has 0 atom stereocenters. The van der Waals surface area contributed by atoms with E-state index in [1.54, 1.807) is 18.2 Å². The van der Waals surface area contributed by atoms with E-state index in [0.717, 1.165) is 16.4 Å². The molecule has 1 aliphatic carbocycles. The fraction of sp³-hybridized carbons (Fsp3) is 0.385. The Morgan fingerprint density at radius 3 is 2.50 bits per heavy atom. The summed E-state index contributed by atoms with van der Waals surface area (Å²) in [5.41, 5.74) is -0.562. The van der Waals surface area contributed by atoms with Crippen molar-refractivity contribution < 1.29 is 14.7 Å². The lowest BCUT2D eigenvalue weighted by Crippen LogP contribution is -2.52. The molecule has 0 radical (unpaired) electrons. The molecule has 2 rings (SSSR count). The minimum absolute atomic E-state index is 0.308. The molecule has 1 aromatic rings. The molecule has 0 bridgehead atoms. The van der Waals surface area contributed by atoms with Gasteiger partial charge < -0.3 is 10.4 Å². The highest BCUT2D eigenvalue weighted by Crippen LogP contribution is 2.30. The van der Waals surface area contributed by atoms with Crippen LogP contribution in [0.4, 0.5) is 0 Å². The van der Waals surface area contributed by atoms with E-state index < -0.39 is 11.5 Å². The summed E-state index contributed by atoms with van der Waals surface area (Å²) in [6.07, 6.45) is 2.72. The average Bonchev–Trinajstić information content (AvgIpc) is 2.79. The number of benzene rings is 1. The van der Waals surface area contributed by atoms with Crippen LogP contribution in [0.25, 0.3) is 0 Å². The summed E-state index contributed by atoms with van der Waals surface area (Å²) in [5.74, 6) is -1.24. The predicted octanol–water partition coefficient (Wildman–Crippen LogP) is 2.42. The van der Waals surface area contributed by atoms with Gasteiger partial charge in [-0.3, -0.25) is 4.79 Å². The fourth-order valence-electron chi connectivity index (χ4n) is 2.29. The number of amides is 1. The topological polar surface area (TPSA) is 66.4 Å². The van der Waals surface area contributed by atoms with Gasteiger partial charge in [0.05, 0.1) is 0 Å². The average molecular weight is 359 g/mol. The Balaban J connectivity index is 2.18. The Morgan fingerprint density at radius 2 is 1.94 bits per heavy atom. The monoisotopic (exact) mass is 359 g/mol. The van der Waals surface area contributed by atoms with Crippen molar-refractivity contribution in [3.05, 3.63) is 33.4 Å². The number of carbonyl (C=O) groups is 2. The SMILES string of the molecule is O=C(NC1(C(=O)O)CCCC1)c1cccc(I)c1. The Morgan fingerprint density at radius 1 is 1.28 bits per heavy atom. The summed E-state index contributed by atoms with van der Waals surface area (Å²) in [5, 5.41) is 12.0. The van der Waals surface area contributed by atoms with E-state index in [1.165, 1.54) is 0 Å². The Kier molecular flexibility index (Phi) is 3.89. The zero-order valence-corrected chi connectivity index (χ0v) is 11.9. The van der Waals surface area contributed by atoms with Crippen LogP contribution in [-0.2, 0) is 4.79 Å². The van der Waals surface area contributed by atoms with E-state index in [9.17, 15) is 14.7 Å². The molecular formula is C13H14INO3. The highest BCUT2D eigenvalue weighted by molar-refractivity contribution is 14.1. The molecule has 96 valence electrons. The van der Waals surface area contributed by atoms with Crippen LogP contribution in [-0.4, -0.2) is 22.5 Å². The van der Waals surface area contributed by atoms with E-state index >= 15 is 0 Å². The van der Waals surface area contributed by atoms with Crippen LogP contribution in [0.5, 0.6) is 0 Å². The van der Waals surface area contributed by atoms with Gasteiger partial charge in [0.2, 0.25) is 0 Å². The van der Waals surface area contributed by atoms with Gasteiger partial charge in [0.25, 0.3) is 5.91 Å². The van der Waals surface area contributed by atoms with E-state index in [2.05, 4.69) is 27.9 Å². The number of carbonyl (C=O) groups excluding carboxylic acids is 1. The normalized spacial score (nSPS) is 17.4. The Hall–Kier alpha value is -1.11. The van der Waals surface area contributed by atoms with Crippen LogP contribution in [0.1, 0.15) is 36.0 Å². The number of nitrogens with one attached hydrogen (secondary N) is 1. The zero-order chi connectivity index (χ0) is 13.2. The highest BCUT2D eigenvalue weighted by Gasteiger charge is 2.42. The number of aliphatic carboxylic acids is 1. The Bertz CT molecular complexity index is 481. The van der Waals surface area contributed by atoms with Crippen LogP contribution < -0.4 is 5.32 Å². The maximum atomic E-state index is 12.1. The van der Waals surface area contributed by atoms with E-state index in [1.807, 2.05) is 6.07 Å². The lowest BCUT2D eigenvalue weighted by molar-refractivity contribution is -0.144. The number of halogens is 1. The number of carboxylic acids is 1. The lowest BCUT2D eigenvalue weighted by atomic mass is 9.97. The number of rotatable bonds is 3. The first-order chi connectivity index (χ1) is 8.53. The second-order valence-corrected chi connectivity index (χ2v) is 5.80. The quantitative estimate of drug-likeness (QED) is 0.815. The minimum atomic E-state index is -1.07. The summed E-state index contributed by atoms with van der Waals surface area (Å²) in [6.45, 7) is 0. The molecule has 0 unspecified atom stereocenters. The van der Waals surface area contributed by atoms with Gasteiger partial charge >= 0.3 is 5.97 Å². The standard InChI is InChI=1S/C13H14INO3/c14-10-5-3-4-9(8-10)11(16)15-13(12(17)18)6-1-2-7-13/h3-5,8H,1-2,6-7H2,(H,15,16)(H,17,18). The molecule has 0 aliphatic heterocycles. The third kappa shape index (κ3) is 2.66. The molecule has 4 nitrogen and oxygen atoms in total. The van der Waals surface area contributed by atoms with E-state index in [0.29, 0.717) is 18.4 Å². The van der Waals surface area contributed by atoms with Crippen molar-refractivity contribution in [2.45, 2.75) is 31.2 Å². The van der Waals surface area contributed by atoms with Crippen molar-refractivity contribution in [3.8, 4) is 0 Å². The van der Waals surface area contributed by atoms with Crippen molar-refractivity contribution in [2.75, 3.05) is 0 Å². The largest absolute Gasteiger partial charge is 0.480 e. The number of hydrogen-bond donors (Lipinski definition) is 2. The van der Waals surface area contributed by atoms with Crippen LogP contribution in [0.3, 0.4) is 0 Å². The number of hydrogen-bond acceptors (Lipinski definition) is 2. The molecule has 0 spiro atoms. The molecule has 1 aromatic carbocycles. The first kappa shape index (κ1) is 13.3. The van der Waals surface area contributed by atoms with Crippen LogP contribution in [0.15, 0.2) is 24.3 Å². The van der Waals surface area contributed by atoms with Gasteiger partial charge in [0, 0.05) is 9.13 Å². The second-order valence-electron chi connectivity index (χ2n) is 4.56. The van der Waals surface area contributed by atoms with Gasteiger partial charge in [-0.15, -0.1) is 0 Å². The summed E-state index contributed by atoms with van der Waals surface area (Å²) < 4.78 is 0.955. The molecule has 18 heavy (non-hydrogen) atoms. The van der Waals surface area contributed by atoms with E-state index in [-0.39, 0.29) is 5.91 Å². The van der Waals surface area contributed by atoms with Gasteiger partial charge in [-0.05, 0) is 53.6 Å². The first-order valence-electron chi connectivity index (χ1n) is 5.85. The third-order valence-corrected chi connectivity index (χ3v) is 3.98. The van der Waals surface area contributed by atoms with Crippen molar-refractivity contribution in [1.82, 2.24) is 5.32 Å². The summed E-state index contributed by atoms with van der Waals surface area (Å²) in [7, 11) is 0. The zero-order valence-electron chi connectivity index (χ0n) is 9.78. The van der Waals surface area contributed by atoms with Crippen LogP contribution >= 0.6 is 22.6 Å². The molecule has 0 saturated heterocycles. The van der Waals surface area contributed by atoms with Gasteiger partial charge in [-0.2, -0.15) is 0 Å². The summed E-state index contributed by atoms with van der Waals surface area (Å²) >= 11 is 2.12. The summed E-state index contributed by atoms with van der Waals surface area (Å²) in [4.78, 5) is 23.4. The molecule has 0 aromatic heterocycles.